The molecule has 6 nitrogen and oxygen atoms in total. The number of rotatable bonds is 6. The third-order valence-corrected chi connectivity index (χ3v) is 3.10. The Bertz CT molecular complexity index is 531. The maximum Gasteiger partial charge on any atom is 0.338 e. The van der Waals surface area contributed by atoms with Gasteiger partial charge in [0, 0.05) is 6.04 Å². The second kappa shape index (κ2) is 6.31. The Morgan fingerprint density at radius 3 is 2.50 bits per heavy atom. The van der Waals surface area contributed by atoms with E-state index >= 15 is 0 Å². The molecule has 0 radical (unpaired) electrons. The average Bonchev–Trinajstić information content (AvgIpc) is 2.35. The van der Waals surface area contributed by atoms with Gasteiger partial charge in [0.15, 0.2) is 0 Å². The first-order valence-corrected chi connectivity index (χ1v) is 6.25. The molecule has 0 amide bonds. The zero-order valence-electron chi connectivity index (χ0n) is 11.5. The highest BCUT2D eigenvalue weighted by atomic mass is 19.1. The van der Waals surface area contributed by atoms with Crippen LogP contribution >= 0.6 is 0 Å². The van der Waals surface area contributed by atoms with E-state index in [-0.39, 0.29) is 17.6 Å². The highest BCUT2D eigenvalue weighted by Crippen LogP contribution is 2.29. The first kappa shape index (κ1) is 15.9. The summed E-state index contributed by atoms with van der Waals surface area (Å²) < 4.78 is 13.5. The third-order valence-electron chi connectivity index (χ3n) is 3.10. The van der Waals surface area contributed by atoms with Gasteiger partial charge in [0.05, 0.1) is 16.6 Å². The minimum Gasteiger partial charge on any atom is -0.478 e. The van der Waals surface area contributed by atoms with Crippen LogP contribution in [-0.4, -0.2) is 22.0 Å². The fourth-order valence-electron chi connectivity index (χ4n) is 1.93. The number of hydrogen-bond donors (Lipinski definition) is 2. The van der Waals surface area contributed by atoms with Crippen molar-refractivity contribution in [2.24, 2.45) is 5.92 Å². The van der Waals surface area contributed by atoms with Gasteiger partial charge in [0.2, 0.25) is 0 Å². The Kier molecular flexibility index (Phi) is 5.01. The number of carboxylic acids is 1. The largest absolute Gasteiger partial charge is 0.478 e. The van der Waals surface area contributed by atoms with Crippen LogP contribution in [0.4, 0.5) is 15.8 Å². The van der Waals surface area contributed by atoms with Gasteiger partial charge < -0.3 is 10.4 Å². The molecule has 7 heteroatoms. The summed E-state index contributed by atoms with van der Waals surface area (Å²) in [5.41, 5.74) is -1.03. The van der Waals surface area contributed by atoms with Crippen molar-refractivity contribution in [2.45, 2.75) is 33.2 Å². The number of nitro groups is 1. The van der Waals surface area contributed by atoms with Gasteiger partial charge in [0.25, 0.3) is 5.69 Å². The molecule has 0 aliphatic heterocycles. The van der Waals surface area contributed by atoms with Crippen molar-refractivity contribution in [1.82, 2.24) is 0 Å². The van der Waals surface area contributed by atoms with Crippen LogP contribution in [0.25, 0.3) is 0 Å². The molecule has 2 N–H and O–H groups in total. The molecular weight excluding hydrogens is 267 g/mol. The number of halogens is 1. The first-order valence-electron chi connectivity index (χ1n) is 6.25. The van der Waals surface area contributed by atoms with Crippen LogP contribution in [0, 0.1) is 21.8 Å². The van der Waals surface area contributed by atoms with Crippen LogP contribution in [-0.2, 0) is 0 Å². The molecule has 0 aliphatic rings. The van der Waals surface area contributed by atoms with Gasteiger partial charge in [-0.3, -0.25) is 10.1 Å². The summed E-state index contributed by atoms with van der Waals surface area (Å²) in [5.74, 6) is -2.39. The lowest BCUT2D eigenvalue weighted by molar-refractivity contribution is -0.384. The van der Waals surface area contributed by atoms with Gasteiger partial charge in [-0.05, 0) is 18.4 Å². The quantitative estimate of drug-likeness (QED) is 0.617. The minimum atomic E-state index is -1.46. The predicted molar refractivity (Wildman–Crippen MR) is 72.6 cm³/mol. The van der Waals surface area contributed by atoms with E-state index in [4.69, 9.17) is 5.11 Å². The van der Waals surface area contributed by atoms with Crippen LogP contribution in [0.15, 0.2) is 12.1 Å². The van der Waals surface area contributed by atoms with Crippen molar-refractivity contribution in [3.8, 4) is 0 Å². The molecule has 0 bridgehead atoms. The van der Waals surface area contributed by atoms with Crippen LogP contribution < -0.4 is 5.32 Å². The first-order chi connectivity index (χ1) is 9.27. The fourth-order valence-corrected chi connectivity index (χ4v) is 1.93. The normalized spacial score (nSPS) is 12.2. The van der Waals surface area contributed by atoms with E-state index in [0.717, 1.165) is 6.07 Å². The van der Waals surface area contributed by atoms with Crippen molar-refractivity contribution in [2.75, 3.05) is 5.32 Å². The van der Waals surface area contributed by atoms with E-state index in [9.17, 15) is 19.3 Å². The zero-order chi connectivity index (χ0) is 15.4. The molecule has 0 saturated carbocycles. The van der Waals surface area contributed by atoms with Crippen molar-refractivity contribution in [3.63, 3.8) is 0 Å². The number of aromatic carboxylic acids is 1. The lowest BCUT2D eigenvalue weighted by Gasteiger charge is -2.22. The number of nitro benzene ring substituents is 1. The van der Waals surface area contributed by atoms with Gasteiger partial charge in [-0.25, -0.2) is 9.18 Å². The highest BCUT2D eigenvalue weighted by molar-refractivity contribution is 5.90. The minimum absolute atomic E-state index is 0.0225. The smallest absolute Gasteiger partial charge is 0.338 e. The molecule has 20 heavy (non-hydrogen) atoms. The molecule has 1 atom stereocenters. The Morgan fingerprint density at radius 2 is 2.10 bits per heavy atom. The molecule has 0 fully saturated rings. The van der Waals surface area contributed by atoms with Gasteiger partial charge in [-0.15, -0.1) is 0 Å². The summed E-state index contributed by atoms with van der Waals surface area (Å²) in [6.07, 6.45) is 0.703. The average molecular weight is 284 g/mol. The van der Waals surface area contributed by atoms with Crippen LogP contribution in [0.2, 0.25) is 0 Å². The standard InChI is InChI=1S/C13H17FN2O4/c1-4-10(7(2)3)15-11-5-8(13(17)18)9(14)6-12(11)16(19)20/h5-7,10,15H,4H2,1-3H3,(H,17,18). The fraction of sp³-hybridized carbons (Fsp3) is 0.462. The zero-order valence-corrected chi connectivity index (χ0v) is 11.5. The predicted octanol–water partition coefficient (Wildman–Crippen LogP) is 3.28. The number of carboxylic acid groups (broad SMARTS) is 1. The summed E-state index contributed by atoms with van der Waals surface area (Å²) >= 11 is 0. The van der Waals surface area contributed by atoms with E-state index in [2.05, 4.69) is 5.32 Å². The molecule has 110 valence electrons. The number of benzene rings is 1. The Hall–Kier alpha value is -2.18. The molecule has 1 aromatic rings. The lowest BCUT2D eigenvalue weighted by Crippen LogP contribution is -2.25. The van der Waals surface area contributed by atoms with Crippen LogP contribution in [0.1, 0.15) is 37.6 Å². The molecule has 0 aromatic heterocycles. The van der Waals surface area contributed by atoms with E-state index in [1.807, 2.05) is 20.8 Å². The summed E-state index contributed by atoms with van der Waals surface area (Å²) in [4.78, 5) is 21.1. The highest BCUT2D eigenvalue weighted by Gasteiger charge is 2.23. The molecule has 1 rings (SSSR count). The summed E-state index contributed by atoms with van der Waals surface area (Å²) in [6.45, 7) is 5.79. The molecule has 0 saturated heterocycles. The summed E-state index contributed by atoms with van der Waals surface area (Å²) in [5, 5.41) is 22.8. The maximum absolute atomic E-state index is 13.5. The SMILES string of the molecule is CCC(Nc1cc(C(=O)O)c(F)cc1[N+](=O)[O-])C(C)C. The van der Waals surface area contributed by atoms with Gasteiger partial charge in [-0.2, -0.15) is 0 Å². The second-order valence-electron chi connectivity index (χ2n) is 4.81. The number of carbonyl (C=O) groups is 1. The Balaban J connectivity index is 3.30. The Morgan fingerprint density at radius 1 is 1.50 bits per heavy atom. The van der Waals surface area contributed by atoms with E-state index in [1.165, 1.54) is 0 Å². The van der Waals surface area contributed by atoms with E-state index in [0.29, 0.717) is 12.5 Å². The molecule has 0 aliphatic carbocycles. The van der Waals surface area contributed by atoms with E-state index in [1.54, 1.807) is 0 Å². The lowest BCUT2D eigenvalue weighted by atomic mass is 10.0. The van der Waals surface area contributed by atoms with Crippen molar-refractivity contribution >= 4 is 17.3 Å². The molecule has 0 heterocycles. The van der Waals surface area contributed by atoms with Crippen LogP contribution in [0.3, 0.4) is 0 Å². The van der Waals surface area contributed by atoms with Gasteiger partial charge in [0.1, 0.15) is 11.5 Å². The molecule has 1 unspecified atom stereocenters. The van der Waals surface area contributed by atoms with Gasteiger partial charge >= 0.3 is 5.97 Å². The number of nitrogens with one attached hydrogen (secondary N) is 1. The number of hydrogen-bond acceptors (Lipinski definition) is 4. The summed E-state index contributed by atoms with van der Waals surface area (Å²) in [7, 11) is 0. The topological polar surface area (TPSA) is 92.5 Å². The monoisotopic (exact) mass is 284 g/mol. The van der Waals surface area contributed by atoms with Crippen molar-refractivity contribution < 1.29 is 19.2 Å². The third kappa shape index (κ3) is 3.43. The van der Waals surface area contributed by atoms with Gasteiger partial charge in [-0.1, -0.05) is 20.8 Å². The van der Waals surface area contributed by atoms with Crippen molar-refractivity contribution in [1.29, 1.82) is 0 Å². The van der Waals surface area contributed by atoms with Crippen molar-refractivity contribution in [3.05, 3.63) is 33.6 Å². The summed E-state index contributed by atoms with van der Waals surface area (Å²) in [6, 6.07) is 1.54. The number of nitrogens with zero attached hydrogens (tertiary/aromatic N) is 1. The van der Waals surface area contributed by atoms with E-state index < -0.39 is 28.0 Å². The van der Waals surface area contributed by atoms with Crippen LogP contribution in [0.5, 0.6) is 0 Å². The Labute approximate surface area is 115 Å². The number of anilines is 1. The second-order valence-corrected chi connectivity index (χ2v) is 4.81. The molecule has 1 aromatic carbocycles. The molecule has 0 spiro atoms. The molecular formula is C13H17FN2O4. The maximum atomic E-state index is 13.5.